The Morgan fingerprint density at radius 1 is 1.19 bits per heavy atom. The molecule has 1 fully saturated rings. The Labute approximate surface area is 162 Å². The van der Waals surface area contributed by atoms with Gasteiger partial charge in [-0.15, -0.1) is 0 Å². The van der Waals surface area contributed by atoms with Crippen molar-refractivity contribution in [2.45, 2.75) is 30.2 Å². The molecule has 3 rings (SSSR count). The number of nitrogens with zero attached hydrogens (tertiary/aromatic N) is 1. The molecule has 0 atom stereocenters. The van der Waals surface area contributed by atoms with Crippen molar-refractivity contribution in [2.24, 2.45) is 0 Å². The minimum atomic E-state index is -3.79. The largest absolute Gasteiger partial charge is 0.352 e. The lowest BCUT2D eigenvalue weighted by molar-refractivity contribution is 0.0954. The van der Waals surface area contributed by atoms with Gasteiger partial charge in [0.15, 0.2) is 0 Å². The Balaban J connectivity index is 1.74. The molecule has 1 aliphatic rings. The Hall–Kier alpha value is -1.67. The fourth-order valence-electron chi connectivity index (χ4n) is 2.34. The summed E-state index contributed by atoms with van der Waals surface area (Å²) in [5, 5.41) is 2.79. The summed E-state index contributed by atoms with van der Waals surface area (Å²) in [6.45, 7) is 0.344. The Morgan fingerprint density at radius 2 is 1.96 bits per heavy atom. The molecule has 26 heavy (non-hydrogen) atoms. The van der Waals surface area contributed by atoms with Crippen molar-refractivity contribution in [2.75, 3.05) is 6.54 Å². The van der Waals surface area contributed by atoms with Gasteiger partial charge >= 0.3 is 0 Å². The summed E-state index contributed by atoms with van der Waals surface area (Å²) < 4.78 is 27.4. The molecule has 0 saturated heterocycles. The summed E-state index contributed by atoms with van der Waals surface area (Å²) >= 11 is 12.1. The van der Waals surface area contributed by atoms with Gasteiger partial charge in [0, 0.05) is 30.9 Å². The molecule has 0 unspecified atom stereocenters. The average Bonchev–Trinajstić information content (AvgIpc) is 3.38. The molecule has 0 bridgehead atoms. The maximum absolute atomic E-state index is 12.4. The predicted octanol–water partition coefficient (Wildman–Crippen LogP) is 2.80. The monoisotopic (exact) mass is 413 g/mol. The van der Waals surface area contributed by atoms with Crippen molar-refractivity contribution in [3.05, 3.63) is 57.8 Å². The third-order valence-electron chi connectivity index (χ3n) is 3.85. The highest BCUT2D eigenvalue weighted by Gasteiger charge is 2.30. The minimum absolute atomic E-state index is 0.0202. The van der Waals surface area contributed by atoms with Crippen LogP contribution in [0.2, 0.25) is 10.0 Å². The number of carbonyl (C=O) groups is 1. The second-order valence-electron chi connectivity index (χ2n) is 5.99. The van der Waals surface area contributed by atoms with Crippen LogP contribution in [0.5, 0.6) is 0 Å². The fourth-order valence-corrected chi connectivity index (χ4v) is 4.50. The van der Waals surface area contributed by atoms with Crippen LogP contribution in [0.15, 0.2) is 41.4 Å². The van der Waals surface area contributed by atoms with E-state index in [0.717, 1.165) is 18.5 Å². The number of halogens is 2. The Bertz CT molecular complexity index is 916. The van der Waals surface area contributed by atoms with Gasteiger partial charge in [-0.1, -0.05) is 29.3 Å². The summed E-state index contributed by atoms with van der Waals surface area (Å²) in [6.07, 6.45) is 3.82. The van der Waals surface area contributed by atoms with Gasteiger partial charge in [-0.25, -0.2) is 13.1 Å². The van der Waals surface area contributed by atoms with Crippen LogP contribution in [-0.2, 0) is 16.4 Å². The van der Waals surface area contributed by atoms with Crippen LogP contribution in [0.3, 0.4) is 0 Å². The first-order valence-electron chi connectivity index (χ1n) is 8.06. The molecule has 1 saturated carbocycles. The smallest absolute Gasteiger partial charge is 0.252 e. The number of nitrogens with one attached hydrogen (secondary N) is 2. The molecule has 1 amide bonds. The molecule has 9 heteroatoms. The lowest BCUT2D eigenvalue weighted by Crippen LogP contribution is -2.28. The molecule has 1 aromatic carbocycles. The summed E-state index contributed by atoms with van der Waals surface area (Å²) in [7, 11) is -3.79. The number of rotatable bonds is 7. The van der Waals surface area contributed by atoms with Crippen LogP contribution in [-0.4, -0.2) is 31.9 Å². The molecule has 0 aliphatic heterocycles. The van der Waals surface area contributed by atoms with Crippen LogP contribution in [0.1, 0.15) is 28.9 Å². The van der Waals surface area contributed by atoms with Gasteiger partial charge in [0.2, 0.25) is 10.0 Å². The number of hydrogen-bond donors (Lipinski definition) is 2. The second-order valence-corrected chi connectivity index (χ2v) is 8.48. The van der Waals surface area contributed by atoms with E-state index in [1.165, 1.54) is 12.1 Å². The van der Waals surface area contributed by atoms with Crippen molar-refractivity contribution in [1.29, 1.82) is 0 Å². The van der Waals surface area contributed by atoms with Gasteiger partial charge in [0.25, 0.3) is 5.91 Å². The van der Waals surface area contributed by atoms with Crippen molar-refractivity contribution >= 4 is 39.1 Å². The Morgan fingerprint density at radius 3 is 2.62 bits per heavy atom. The molecule has 0 spiro atoms. The van der Waals surface area contributed by atoms with Crippen molar-refractivity contribution in [3.63, 3.8) is 0 Å². The number of amides is 1. The van der Waals surface area contributed by atoms with Crippen LogP contribution >= 0.6 is 23.2 Å². The molecule has 1 aliphatic carbocycles. The Kier molecular flexibility index (Phi) is 5.82. The van der Waals surface area contributed by atoms with Crippen LogP contribution in [0, 0.1) is 0 Å². The second kappa shape index (κ2) is 7.92. The van der Waals surface area contributed by atoms with Gasteiger partial charge in [-0.3, -0.25) is 9.78 Å². The fraction of sp³-hybridized carbons (Fsp3) is 0.294. The molecular weight excluding hydrogens is 397 g/mol. The number of aromatic nitrogens is 1. The average molecular weight is 414 g/mol. The summed E-state index contributed by atoms with van der Waals surface area (Å²) in [4.78, 5) is 16.4. The predicted molar refractivity (Wildman–Crippen MR) is 100 cm³/mol. The third kappa shape index (κ3) is 4.73. The minimum Gasteiger partial charge on any atom is -0.352 e. The van der Waals surface area contributed by atoms with Gasteiger partial charge in [-0.05, 0) is 37.1 Å². The van der Waals surface area contributed by atoms with E-state index < -0.39 is 15.9 Å². The highest BCUT2D eigenvalue weighted by atomic mass is 35.5. The zero-order chi connectivity index (χ0) is 18.7. The van der Waals surface area contributed by atoms with E-state index in [9.17, 15) is 13.2 Å². The first-order chi connectivity index (χ1) is 12.4. The SMILES string of the molecule is O=C(NCCc1ccccn1)c1cc(S(=O)(=O)NC2CC2)c(Cl)cc1Cl. The first kappa shape index (κ1) is 19.1. The molecular formula is C17H17Cl2N3O3S. The quantitative estimate of drug-likeness (QED) is 0.730. The van der Waals surface area contributed by atoms with Gasteiger partial charge in [0.05, 0.1) is 15.6 Å². The zero-order valence-corrected chi connectivity index (χ0v) is 16.0. The van der Waals surface area contributed by atoms with Crippen molar-refractivity contribution < 1.29 is 13.2 Å². The topological polar surface area (TPSA) is 88.2 Å². The van der Waals surface area contributed by atoms with E-state index >= 15 is 0 Å². The van der Waals surface area contributed by atoms with Gasteiger partial charge < -0.3 is 5.32 Å². The summed E-state index contributed by atoms with van der Waals surface area (Å²) in [6, 6.07) is 7.96. The van der Waals surface area contributed by atoms with E-state index in [1.54, 1.807) is 6.20 Å². The number of hydrogen-bond acceptors (Lipinski definition) is 4. The summed E-state index contributed by atoms with van der Waals surface area (Å²) in [5.41, 5.74) is 0.903. The molecule has 138 valence electrons. The molecule has 6 nitrogen and oxygen atoms in total. The number of benzene rings is 1. The number of pyridine rings is 1. The van der Waals surface area contributed by atoms with E-state index in [0.29, 0.717) is 13.0 Å². The van der Waals surface area contributed by atoms with Crippen molar-refractivity contribution in [3.8, 4) is 0 Å². The zero-order valence-electron chi connectivity index (χ0n) is 13.7. The summed E-state index contributed by atoms with van der Waals surface area (Å²) in [5.74, 6) is -0.467. The highest BCUT2D eigenvalue weighted by Crippen LogP contribution is 2.30. The van der Waals surface area contributed by atoms with E-state index in [2.05, 4.69) is 15.0 Å². The van der Waals surface area contributed by atoms with Crippen LogP contribution in [0.25, 0.3) is 0 Å². The van der Waals surface area contributed by atoms with Gasteiger partial charge in [-0.2, -0.15) is 0 Å². The van der Waals surface area contributed by atoms with Gasteiger partial charge in [0.1, 0.15) is 4.90 Å². The third-order valence-corrected chi connectivity index (χ3v) is 6.15. The molecule has 1 aromatic heterocycles. The van der Waals surface area contributed by atoms with E-state index in [4.69, 9.17) is 23.2 Å². The molecule has 0 radical (unpaired) electrons. The number of sulfonamides is 1. The van der Waals surface area contributed by atoms with Crippen molar-refractivity contribution in [1.82, 2.24) is 15.0 Å². The lowest BCUT2D eigenvalue weighted by Gasteiger charge is -2.12. The normalized spacial score (nSPS) is 14.2. The highest BCUT2D eigenvalue weighted by molar-refractivity contribution is 7.89. The first-order valence-corrected chi connectivity index (χ1v) is 10.3. The molecule has 2 aromatic rings. The van der Waals surface area contributed by atoms with Crippen LogP contribution < -0.4 is 10.0 Å². The maximum atomic E-state index is 12.4. The maximum Gasteiger partial charge on any atom is 0.252 e. The van der Waals surface area contributed by atoms with Crippen LogP contribution in [0.4, 0.5) is 0 Å². The standard InChI is InChI=1S/C17H17Cl2N3O3S/c18-14-10-15(19)16(26(24,25)22-12-4-5-12)9-13(14)17(23)21-8-6-11-3-1-2-7-20-11/h1-3,7,9-10,12,22H,4-6,8H2,(H,21,23). The van der Waals surface area contributed by atoms with E-state index in [-0.39, 0.29) is 26.5 Å². The molecule has 1 heterocycles. The molecule has 2 N–H and O–H groups in total. The number of carbonyl (C=O) groups excluding carboxylic acids is 1. The lowest BCUT2D eigenvalue weighted by atomic mass is 10.2. The van der Waals surface area contributed by atoms with E-state index in [1.807, 2.05) is 18.2 Å².